The standard InChI is InChI=1S/C11H17ClF3N3O/c1-3-4-16-9(6-19-7-11(13,14)15)10-8(12)5-17-18(10)2/h5,9,16H,3-4,6-7H2,1-2H3. The summed E-state index contributed by atoms with van der Waals surface area (Å²) in [6, 6.07) is -0.415. The van der Waals surface area contributed by atoms with Gasteiger partial charge in [-0.3, -0.25) is 4.68 Å². The molecule has 0 spiro atoms. The fourth-order valence-electron chi connectivity index (χ4n) is 1.66. The van der Waals surface area contributed by atoms with E-state index in [4.69, 9.17) is 16.3 Å². The van der Waals surface area contributed by atoms with E-state index in [0.29, 0.717) is 17.3 Å². The maximum Gasteiger partial charge on any atom is 0.411 e. The van der Waals surface area contributed by atoms with Crippen molar-refractivity contribution >= 4 is 11.6 Å². The molecule has 0 amide bonds. The number of rotatable bonds is 7. The average Bonchev–Trinajstić information content (AvgIpc) is 2.62. The van der Waals surface area contributed by atoms with Crippen LogP contribution in [0.1, 0.15) is 25.1 Å². The molecular weight excluding hydrogens is 283 g/mol. The van der Waals surface area contributed by atoms with Crippen molar-refractivity contribution in [3.8, 4) is 0 Å². The van der Waals surface area contributed by atoms with Crippen LogP contribution in [0.4, 0.5) is 13.2 Å². The van der Waals surface area contributed by atoms with Crippen LogP contribution in [0.3, 0.4) is 0 Å². The number of nitrogens with one attached hydrogen (secondary N) is 1. The Morgan fingerprint density at radius 2 is 2.21 bits per heavy atom. The minimum atomic E-state index is -4.33. The predicted octanol–water partition coefficient (Wildman–Crippen LogP) is 2.69. The molecule has 0 saturated carbocycles. The van der Waals surface area contributed by atoms with Crippen LogP contribution in [-0.2, 0) is 11.8 Å². The van der Waals surface area contributed by atoms with Gasteiger partial charge in [-0.05, 0) is 13.0 Å². The van der Waals surface area contributed by atoms with E-state index in [9.17, 15) is 13.2 Å². The number of aromatic nitrogens is 2. The SMILES string of the molecule is CCCNC(COCC(F)(F)F)c1c(Cl)cnn1C. The largest absolute Gasteiger partial charge is 0.411 e. The molecule has 0 bridgehead atoms. The van der Waals surface area contributed by atoms with Gasteiger partial charge in [-0.1, -0.05) is 18.5 Å². The zero-order valence-corrected chi connectivity index (χ0v) is 11.6. The normalized spacial score (nSPS) is 13.8. The van der Waals surface area contributed by atoms with Gasteiger partial charge in [0.15, 0.2) is 0 Å². The fraction of sp³-hybridized carbons (Fsp3) is 0.727. The highest BCUT2D eigenvalue weighted by molar-refractivity contribution is 6.31. The van der Waals surface area contributed by atoms with Crippen molar-refractivity contribution in [1.29, 1.82) is 0 Å². The molecule has 4 nitrogen and oxygen atoms in total. The summed E-state index contributed by atoms with van der Waals surface area (Å²) >= 11 is 5.99. The third-order valence-corrected chi connectivity index (χ3v) is 2.75. The summed E-state index contributed by atoms with van der Waals surface area (Å²) in [6.07, 6.45) is -2.02. The Bertz CT molecular complexity index is 376. The molecule has 0 fully saturated rings. The lowest BCUT2D eigenvalue weighted by molar-refractivity contribution is -0.175. The van der Waals surface area contributed by atoms with Crippen molar-refractivity contribution in [3.05, 3.63) is 16.9 Å². The Morgan fingerprint density at radius 3 is 2.68 bits per heavy atom. The molecule has 0 aliphatic rings. The second kappa shape index (κ2) is 7.12. The van der Waals surface area contributed by atoms with Crippen molar-refractivity contribution in [3.63, 3.8) is 0 Å². The summed E-state index contributed by atoms with van der Waals surface area (Å²) in [4.78, 5) is 0. The molecule has 1 heterocycles. The van der Waals surface area contributed by atoms with Crippen LogP contribution < -0.4 is 5.32 Å². The van der Waals surface area contributed by atoms with Gasteiger partial charge in [0.2, 0.25) is 0 Å². The first-order valence-corrected chi connectivity index (χ1v) is 6.28. The van der Waals surface area contributed by atoms with Crippen LogP contribution in [-0.4, -0.2) is 35.7 Å². The van der Waals surface area contributed by atoms with Gasteiger partial charge >= 0.3 is 6.18 Å². The highest BCUT2D eigenvalue weighted by Crippen LogP contribution is 2.23. The van der Waals surface area contributed by atoms with Crippen molar-refractivity contribution < 1.29 is 17.9 Å². The minimum Gasteiger partial charge on any atom is -0.370 e. The molecule has 19 heavy (non-hydrogen) atoms. The third kappa shape index (κ3) is 5.38. The van der Waals surface area contributed by atoms with Crippen LogP contribution >= 0.6 is 11.6 Å². The first-order valence-electron chi connectivity index (χ1n) is 5.90. The second-order valence-electron chi connectivity index (χ2n) is 4.14. The van der Waals surface area contributed by atoms with Gasteiger partial charge in [0.1, 0.15) is 6.61 Å². The van der Waals surface area contributed by atoms with Crippen LogP contribution in [0.15, 0.2) is 6.20 Å². The van der Waals surface area contributed by atoms with Crippen molar-refractivity contribution in [1.82, 2.24) is 15.1 Å². The fourth-order valence-corrected chi connectivity index (χ4v) is 1.96. The van der Waals surface area contributed by atoms with Gasteiger partial charge < -0.3 is 10.1 Å². The minimum absolute atomic E-state index is 0.112. The molecule has 0 aromatic carbocycles. The monoisotopic (exact) mass is 299 g/mol. The van der Waals surface area contributed by atoms with E-state index in [0.717, 1.165) is 6.42 Å². The zero-order valence-electron chi connectivity index (χ0n) is 10.8. The van der Waals surface area contributed by atoms with Crippen LogP contribution in [0.2, 0.25) is 5.02 Å². The van der Waals surface area contributed by atoms with Gasteiger partial charge in [-0.2, -0.15) is 18.3 Å². The first kappa shape index (κ1) is 16.3. The van der Waals surface area contributed by atoms with E-state index >= 15 is 0 Å². The number of ether oxygens (including phenoxy) is 1. The first-order chi connectivity index (χ1) is 8.85. The molecule has 0 aliphatic carbocycles. The van der Waals surface area contributed by atoms with Crippen molar-refractivity contribution in [2.75, 3.05) is 19.8 Å². The van der Waals surface area contributed by atoms with E-state index in [1.54, 1.807) is 7.05 Å². The molecule has 0 radical (unpaired) electrons. The average molecular weight is 300 g/mol. The van der Waals surface area contributed by atoms with Crippen LogP contribution in [0.25, 0.3) is 0 Å². The van der Waals surface area contributed by atoms with Crippen molar-refractivity contribution in [2.45, 2.75) is 25.6 Å². The highest BCUT2D eigenvalue weighted by Gasteiger charge is 2.28. The van der Waals surface area contributed by atoms with E-state index < -0.39 is 18.8 Å². The quantitative estimate of drug-likeness (QED) is 0.841. The van der Waals surface area contributed by atoms with Gasteiger partial charge in [0, 0.05) is 7.05 Å². The van der Waals surface area contributed by atoms with Crippen molar-refractivity contribution in [2.24, 2.45) is 7.05 Å². The third-order valence-electron chi connectivity index (χ3n) is 2.46. The molecule has 1 rings (SSSR count). The van der Waals surface area contributed by atoms with Gasteiger partial charge in [0.05, 0.1) is 29.6 Å². The number of nitrogens with zero attached hydrogens (tertiary/aromatic N) is 2. The Hall–Kier alpha value is -0.790. The lowest BCUT2D eigenvalue weighted by atomic mass is 10.2. The highest BCUT2D eigenvalue weighted by atomic mass is 35.5. The maximum absolute atomic E-state index is 12.1. The van der Waals surface area contributed by atoms with E-state index in [2.05, 4.69) is 10.4 Å². The second-order valence-corrected chi connectivity index (χ2v) is 4.55. The summed E-state index contributed by atoms with van der Waals surface area (Å²) in [5.74, 6) is 0. The lowest BCUT2D eigenvalue weighted by Crippen LogP contribution is -2.30. The summed E-state index contributed by atoms with van der Waals surface area (Å²) in [7, 11) is 1.69. The lowest BCUT2D eigenvalue weighted by Gasteiger charge is -2.20. The summed E-state index contributed by atoms with van der Waals surface area (Å²) < 4.78 is 42.4. The van der Waals surface area contributed by atoms with E-state index in [1.807, 2.05) is 6.92 Å². The molecule has 0 aliphatic heterocycles. The molecule has 1 unspecified atom stereocenters. The molecule has 8 heteroatoms. The number of aryl methyl sites for hydroxylation is 1. The summed E-state index contributed by atoms with van der Waals surface area (Å²) in [6.45, 7) is 1.23. The van der Waals surface area contributed by atoms with Gasteiger partial charge in [-0.25, -0.2) is 0 Å². The number of hydrogen-bond acceptors (Lipinski definition) is 3. The van der Waals surface area contributed by atoms with Gasteiger partial charge in [0.25, 0.3) is 0 Å². The summed E-state index contributed by atoms with van der Waals surface area (Å²) in [5.41, 5.74) is 0.622. The molecule has 1 aromatic heterocycles. The Morgan fingerprint density at radius 1 is 1.53 bits per heavy atom. The topological polar surface area (TPSA) is 39.1 Å². The number of alkyl halides is 3. The van der Waals surface area contributed by atoms with Gasteiger partial charge in [-0.15, -0.1) is 0 Å². The molecule has 0 saturated heterocycles. The van der Waals surface area contributed by atoms with E-state index in [-0.39, 0.29) is 6.61 Å². The molecule has 110 valence electrons. The smallest absolute Gasteiger partial charge is 0.370 e. The van der Waals surface area contributed by atoms with Crippen LogP contribution in [0.5, 0.6) is 0 Å². The summed E-state index contributed by atoms with van der Waals surface area (Å²) in [5, 5.41) is 7.48. The zero-order chi connectivity index (χ0) is 14.5. The number of halogens is 4. The molecule has 1 N–H and O–H groups in total. The maximum atomic E-state index is 12.1. The van der Waals surface area contributed by atoms with Crippen LogP contribution in [0, 0.1) is 0 Å². The Labute approximate surface area is 114 Å². The predicted molar refractivity (Wildman–Crippen MR) is 66.1 cm³/mol. The molecule has 1 atom stereocenters. The molecular formula is C11H17ClF3N3O. The van der Waals surface area contributed by atoms with E-state index in [1.165, 1.54) is 10.9 Å². The number of hydrogen-bond donors (Lipinski definition) is 1. The Balaban J connectivity index is 2.67. The molecule has 1 aromatic rings. The Kier molecular flexibility index (Phi) is 6.09.